The van der Waals surface area contributed by atoms with Gasteiger partial charge in [0.15, 0.2) is 0 Å². The van der Waals surface area contributed by atoms with E-state index in [4.69, 9.17) is 0 Å². The molecule has 1 aliphatic heterocycles. The number of amides is 1. The van der Waals surface area contributed by atoms with Crippen molar-refractivity contribution in [2.75, 3.05) is 13.1 Å². The van der Waals surface area contributed by atoms with Crippen LogP contribution in [0.2, 0.25) is 0 Å². The maximum absolute atomic E-state index is 12.4. The zero-order valence-corrected chi connectivity index (χ0v) is 16.4. The second-order valence-electron chi connectivity index (χ2n) is 7.68. The molecule has 1 amide bonds. The number of hydrogen-bond donors (Lipinski definition) is 1. The Kier molecular flexibility index (Phi) is 5.34. The summed E-state index contributed by atoms with van der Waals surface area (Å²) >= 11 is 0. The summed E-state index contributed by atoms with van der Waals surface area (Å²) in [6.07, 6.45) is 5.59. The summed E-state index contributed by atoms with van der Waals surface area (Å²) in [4.78, 5) is 19.2. The van der Waals surface area contributed by atoms with E-state index in [1.54, 1.807) is 10.9 Å². The molecule has 0 unspecified atom stereocenters. The van der Waals surface area contributed by atoms with Crippen molar-refractivity contribution in [2.24, 2.45) is 0 Å². The Morgan fingerprint density at radius 2 is 2.07 bits per heavy atom. The Morgan fingerprint density at radius 1 is 1.25 bits per heavy atom. The summed E-state index contributed by atoms with van der Waals surface area (Å²) in [7, 11) is 0. The number of rotatable bonds is 5. The van der Waals surface area contributed by atoms with Gasteiger partial charge in [0.05, 0.1) is 11.7 Å². The van der Waals surface area contributed by atoms with Crippen LogP contribution in [0.5, 0.6) is 0 Å². The van der Waals surface area contributed by atoms with Crippen LogP contribution in [0.4, 0.5) is 0 Å². The molecule has 1 fully saturated rings. The van der Waals surface area contributed by atoms with E-state index in [-0.39, 0.29) is 18.5 Å². The molecule has 0 atom stereocenters. The van der Waals surface area contributed by atoms with Crippen LogP contribution in [0.15, 0.2) is 42.7 Å². The Balaban J connectivity index is 1.36. The minimum Gasteiger partial charge on any atom is -0.352 e. The highest BCUT2D eigenvalue weighted by molar-refractivity contribution is 5.83. The fourth-order valence-corrected chi connectivity index (χ4v) is 3.72. The molecule has 2 aromatic heterocycles. The predicted molar refractivity (Wildman–Crippen MR) is 109 cm³/mol. The molecule has 1 saturated heterocycles. The van der Waals surface area contributed by atoms with Crippen molar-refractivity contribution in [2.45, 2.75) is 45.3 Å². The van der Waals surface area contributed by atoms with Gasteiger partial charge in [-0.3, -0.25) is 9.78 Å². The highest BCUT2D eigenvalue weighted by atomic mass is 16.2. The molecule has 146 valence electrons. The van der Waals surface area contributed by atoms with Crippen LogP contribution in [0, 0.1) is 0 Å². The molecule has 28 heavy (non-hydrogen) atoms. The maximum Gasteiger partial charge on any atom is 0.242 e. The molecule has 0 saturated carbocycles. The van der Waals surface area contributed by atoms with E-state index < -0.39 is 0 Å². The van der Waals surface area contributed by atoms with E-state index in [1.165, 1.54) is 0 Å². The lowest BCUT2D eigenvalue weighted by atomic mass is 10.0. The van der Waals surface area contributed by atoms with Crippen LogP contribution < -0.4 is 5.32 Å². The first-order chi connectivity index (χ1) is 13.6. The number of benzene rings is 1. The molecule has 1 aromatic carbocycles. The van der Waals surface area contributed by atoms with E-state index in [0.717, 1.165) is 48.1 Å². The Morgan fingerprint density at radius 3 is 2.86 bits per heavy atom. The minimum absolute atomic E-state index is 0.0119. The highest BCUT2D eigenvalue weighted by Crippen LogP contribution is 2.21. The van der Waals surface area contributed by atoms with Crippen LogP contribution in [0.3, 0.4) is 0 Å². The van der Waals surface area contributed by atoms with Crippen LogP contribution >= 0.6 is 0 Å². The SMILES string of the molecule is CC(C)N1CCC(NC(=O)Cn2cc(-c3ccc4ncccc4c3)nn2)CC1. The zero-order valence-electron chi connectivity index (χ0n) is 16.4. The number of nitrogens with one attached hydrogen (secondary N) is 1. The monoisotopic (exact) mass is 378 g/mol. The van der Waals surface area contributed by atoms with Crippen molar-refractivity contribution >= 4 is 16.8 Å². The minimum atomic E-state index is -0.0119. The fourth-order valence-electron chi connectivity index (χ4n) is 3.72. The van der Waals surface area contributed by atoms with E-state index in [0.29, 0.717) is 6.04 Å². The highest BCUT2D eigenvalue weighted by Gasteiger charge is 2.22. The van der Waals surface area contributed by atoms with Gasteiger partial charge in [-0.2, -0.15) is 0 Å². The summed E-state index contributed by atoms with van der Waals surface area (Å²) in [5.41, 5.74) is 2.67. The molecule has 4 rings (SSSR count). The third-order valence-electron chi connectivity index (χ3n) is 5.37. The number of carbonyl (C=O) groups is 1. The van der Waals surface area contributed by atoms with Gasteiger partial charge in [-0.25, -0.2) is 4.68 Å². The van der Waals surface area contributed by atoms with Crippen LogP contribution in [-0.2, 0) is 11.3 Å². The molecule has 1 N–H and O–H groups in total. The van der Waals surface area contributed by atoms with Crippen LogP contribution in [-0.4, -0.2) is 56.0 Å². The Labute approximate surface area is 164 Å². The van der Waals surface area contributed by atoms with E-state index in [2.05, 4.69) is 39.4 Å². The van der Waals surface area contributed by atoms with Crippen molar-refractivity contribution in [3.05, 3.63) is 42.7 Å². The first-order valence-corrected chi connectivity index (χ1v) is 9.87. The second-order valence-corrected chi connectivity index (χ2v) is 7.68. The second kappa shape index (κ2) is 8.06. The zero-order chi connectivity index (χ0) is 19.5. The lowest BCUT2D eigenvalue weighted by Gasteiger charge is -2.34. The maximum atomic E-state index is 12.4. The van der Waals surface area contributed by atoms with Gasteiger partial charge in [0.2, 0.25) is 5.91 Å². The third kappa shape index (κ3) is 4.20. The molecule has 7 nitrogen and oxygen atoms in total. The lowest BCUT2D eigenvalue weighted by molar-refractivity contribution is -0.122. The fraction of sp³-hybridized carbons (Fsp3) is 0.429. The number of likely N-dealkylation sites (tertiary alicyclic amines) is 1. The summed E-state index contributed by atoms with van der Waals surface area (Å²) in [5, 5.41) is 12.5. The van der Waals surface area contributed by atoms with Gasteiger partial charge < -0.3 is 10.2 Å². The number of pyridine rings is 1. The number of aromatic nitrogens is 4. The Bertz CT molecular complexity index is 958. The van der Waals surface area contributed by atoms with Gasteiger partial charge in [0, 0.05) is 42.3 Å². The molecule has 0 spiro atoms. The molecule has 1 aliphatic rings. The van der Waals surface area contributed by atoms with Crippen molar-refractivity contribution in [1.82, 2.24) is 30.2 Å². The quantitative estimate of drug-likeness (QED) is 0.738. The van der Waals surface area contributed by atoms with Crippen molar-refractivity contribution in [3.8, 4) is 11.3 Å². The number of piperidine rings is 1. The van der Waals surface area contributed by atoms with Gasteiger partial charge in [-0.15, -0.1) is 5.10 Å². The molecule has 0 radical (unpaired) electrons. The molecular formula is C21H26N6O. The van der Waals surface area contributed by atoms with Crippen molar-refractivity contribution in [3.63, 3.8) is 0 Å². The average molecular weight is 378 g/mol. The largest absolute Gasteiger partial charge is 0.352 e. The summed E-state index contributed by atoms with van der Waals surface area (Å²) in [5.74, 6) is -0.0119. The standard InChI is InChI=1S/C21H26N6O/c1-15(2)26-10-7-18(8-11-26)23-21(28)14-27-13-20(24-25-27)17-5-6-19-16(12-17)4-3-9-22-19/h3-6,9,12-13,15,18H,7-8,10-11,14H2,1-2H3,(H,23,28). The third-order valence-corrected chi connectivity index (χ3v) is 5.37. The number of hydrogen-bond acceptors (Lipinski definition) is 5. The molecule has 0 bridgehead atoms. The molecule has 7 heteroatoms. The summed E-state index contributed by atoms with van der Waals surface area (Å²) in [6.45, 7) is 6.69. The van der Waals surface area contributed by atoms with Crippen LogP contribution in [0.1, 0.15) is 26.7 Å². The molecule has 3 heterocycles. The summed E-state index contributed by atoms with van der Waals surface area (Å²) in [6, 6.07) is 10.7. The van der Waals surface area contributed by atoms with E-state index in [9.17, 15) is 4.79 Å². The number of carbonyl (C=O) groups excluding carboxylic acids is 1. The first kappa shape index (κ1) is 18.6. The molecular weight excluding hydrogens is 352 g/mol. The van der Waals surface area contributed by atoms with Crippen molar-refractivity contribution < 1.29 is 4.79 Å². The van der Waals surface area contributed by atoms with E-state index in [1.807, 2.05) is 36.5 Å². The van der Waals surface area contributed by atoms with Crippen molar-refractivity contribution in [1.29, 1.82) is 0 Å². The lowest BCUT2D eigenvalue weighted by Crippen LogP contribution is -2.47. The summed E-state index contributed by atoms with van der Waals surface area (Å²) < 4.78 is 1.60. The van der Waals surface area contributed by atoms with Crippen LogP contribution in [0.25, 0.3) is 22.2 Å². The normalized spacial score (nSPS) is 16.0. The average Bonchev–Trinajstić information content (AvgIpc) is 3.16. The first-order valence-electron chi connectivity index (χ1n) is 9.87. The smallest absolute Gasteiger partial charge is 0.242 e. The van der Waals surface area contributed by atoms with Gasteiger partial charge in [0.1, 0.15) is 12.2 Å². The number of fused-ring (bicyclic) bond motifs is 1. The van der Waals surface area contributed by atoms with Gasteiger partial charge in [-0.1, -0.05) is 17.3 Å². The van der Waals surface area contributed by atoms with Gasteiger partial charge >= 0.3 is 0 Å². The topological polar surface area (TPSA) is 75.9 Å². The Hall–Kier alpha value is -2.80. The van der Waals surface area contributed by atoms with Gasteiger partial charge in [-0.05, 0) is 44.9 Å². The van der Waals surface area contributed by atoms with Gasteiger partial charge in [0.25, 0.3) is 0 Å². The van der Waals surface area contributed by atoms with E-state index >= 15 is 0 Å². The number of nitrogens with zero attached hydrogens (tertiary/aromatic N) is 5. The molecule has 3 aromatic rings. The predicted octanol–water partition coefficient (Wildman–Crippen LogP) is 2.48. The molecule has 0 aliphatic carbocycles.